The smallest absolute Gasteiger partial charge is 0.271 e. The summed E-state index contributed by atoms with van der Waals surface area (Å²) < 4.78 is 5.19. The first-order chi connectivity index (χ1) is 12.7. The van der Waals surface area contributed by atoms with E-state index in [9.17, 15) is 4.79 Å². The molecule has 3 rings (SSSR count). The Kier molecular flexibility index (Phi) is 6.19. The molecule has 0 saturated heterocycles. The SMILES string of the molecule is COc1cccc(Nc2ccc(C(=O)NCCC3=CCCCC3)nn2)c1. The lowest BCUT2D eigenvalue weighted by atomic mass is 9.97. The molecular formula is C20H24N4O2. The number of nitrogens with one attached hydrogen (secondary N) is 2. The van der Waals surface area contributed by atoms with Gasteiger partial charge in [0.1, 0.15) is 5.75 Å². The highest BCUT2D eigenvalue weighted by molar-refractivity contribution is 5.92. The predicted molar refractivity (Wildman–Crippen MR) is 102 cm³/mol. The zero-order valence-electron chi connectivity index (χ0n) is 15.0. The Bertz CT molecular complexity index is 772. The van der Waals surface area contributed by atoms with Crippen molar-refractivity contribution in [3.8, 4) is 5.75 Å². The summed E-state index contributed by atoms with van der Waals surface area (Å²) in [6, 6.07) is 10.9. The summed E-state index contributed by atoms with van der Waals surface area (Å²) in [5.41, 5.74) is 2.61. The molecule has 0 spiro atoms. The van der Waals surface area contributed by atoms with Crippen molar-refractivity contribution in [2.75, 3.05) is 19.0 Å². The van der Waals surface area contributed by atoms with Crippen LogP contribution < -0.4 is 15.4 Å². The second-order valence-corrected chi connectivity index (χ2v) is 6.27. The van der Waals surface area contributed by atoms with E-state index in [2.05, 4.69) is 26.9 Å². The van der Waals surface area contributed by atoms with Crippen LogP contribution in [0.4, 0.5) is 11.5 Å². The first-order valence-corrected chi connectivity index (χ1v) is 8.95. The van der Waals surface area contributed by atoms with Crippen molar-refractivity contribution in [3.05, 3.63) is 53.7 Å². The Labute approximate surface area is 153 Å². The highest BCUT2D eigenvalue weighted by atomic mass is 16.5. The number of benzene rings is 1. The number of ether oxygens (including phenoxy) is 1. The fourth-order valence-corrected chi connectivity index (χ4v) is 2.93. The van der Waals surface area contributed by atoms with Crippen LogP contribution in [0.2, 0.25) is 0 Å². The molecule has 1 heterocycles. The second kappa shape index (κ2) is 8.99. The molecule has 136 valence electrons. The van der Waals surface area contributed by atoms with Crippen molar-refractivity contribution in [1.29, 1.82) is 0 Å². The first-order valence-electron chi connectivity index (χ1n) is 8.95. The van der Waals surface area contributed by atoms with Crippen LogP contribution in [-0.2, 0) is 0 Å². The van der Waals surface area contributed by atoms with Gasteiger partial charge in [0.25, 0.3) is 5.91 Å². The van der Waals surface area contributed by atoms with E-state index >= 15 is 0 Å². The number of carbonyl (C=O) groups is 1. The Morgan fingerprint density at radius 2 is 2.12 bits per heavy atom. The summed E-state index contributed by atoms with van der Waals surface area (Å²) in [7, 11) is 1.62. The molecule has 2 aromatic rings. The van der Waals surface area contributed by atoms with Gasteiger partial charge in [0.2, 0.25) is 0 Å². The van der Waals surface area contributed by atoms with Crippen LogP contribution in [0.15, 0.2) is 48.0 Å². The molecule has 0 aliphatic heterocycles. The predicted octanol–water partition coefficient (Wildman–Crippen LogP) is 3.85. The third-order valence-corrected chi connectivity index (χ3v) is 4.36. The van der Waals surface area contributed by atoms with Gasteiger partial charge in [-0.15, -0.1) is 10.2 Å². The molecule has 0 atom stereocenters. The molecule has 0 bridgehead atoms. The fourth-order valence-electron chi connectivity index (χ4n) is 2.93. The summed E-state index contributed by atoms with van der Waals surface area (Å²) in [4.78, 5) is 12.2. The van der Waals surface area contributed by atoms with Gasteiger partial charge in [0, 0.05) is 18.3 Å². The van der Waals surface area contributed by atoms with Gasteiger partial charge in [0.15, 0.2) is 11.5 Å². The van der Waals surface area contributed by atoms with Gasteiger partial charge in [-0.25, -0.2) is 0 Å². The minimum absolute atomic E-state index is 0.193. The minimum Gasteiger partial charge on any atom is -0.497 e. The molecule has 1 aromatic carbocycles. The lowest BCUT2D eigenvalue weighted by Crippen LogP contribution is -2.26. The average Bonchev–Trinajstić information content (AvgIpc) is 2.69. The lowest BCUT2D eigenvalue weighted by Gasteiger charge is -2.12. The summed E-state index contributed by atoms with van der Waals surface area (Å²) in [6.07, 6.45) is 8.06. The number of anilines is 2. The molecule has 0 saturated carbocycles. The fraction of sp³-hybridized carbons (Fsp3) is 0.350. The van der Waals surface area contributed by atoms with Crippen LogP contribution in [0.3, 0.4) is 0 Å². The summed E-state index contributed by atoms with van der Waals surface area (Å²) in [6.45, 7) is 0.635. The highest BCUT2D eigenvalue weighted by Gasteiger charge is 2.09. The topological polar surface area (TPSA) is 76.1 Å². The van der Waals surface area contributed by atoms with Crippen molar-refractivity contribution in [3.63, 3.8) is 0 Å². The van der Waals surface area contributed by atoms with E-state index < -0.39 is 0 Å². The van der Waals surface area contributed by atoms with Gasteiger partial charge in [0.05, 0.1) is 7.11 Å². The minimum atomic E-state index is -0.193. The Morgan fingerprint density at radius 1 is 1.19 bits per heavy atom. The first kappa shape index (κ1) is 17.9. The molecule has 1 aliphatic carbocycles. The number of hydrogen-bond acceptors (Lipinski definition) is 5. The largest absolute Gasteiger partial charge is 0.497 e. The molecular weight excluding hydrogens is 328 g/mol. The second-order valence-electron chi connectivity index (χ2n) is 6.27. The number of allylic oxidation sites excluding steroid dienone is 1. The van der Waals surface area contributed by atoms with Crippen LogP contribution in [0.5, 0.6) is 5.75 Å². The maximum atomic E-state index is 12.2. The van der Waals surface area contributed by atoms with Crippen molar-refractivity contribution in [2.45, 2.75) is 32.1 Å². The van der Waals surface area contributed by atoms with Crippen LogP contribution in [0, 0.1) is 0 Å². The number of methoxy groups -OCH3 is 1. The van der Waals surface area contributed by atoms with Crippen LogP contribution in [0.25, 0.3) is 0 Å². The van der Waals surface area contributed by atoms with Crippen molar-refractivity contribution < 1.29 is 9.53 Å². The van der Waals surface area contributed by atoms with Crippen LogP contribution >= 0.6 is 0 Å². The van der Waals surface area contributed by atoms with E-state index in [1.54, 1.807) is 19.2 Å². The van der Waals surface area contributed by atoms with Gasteiger partial charge < -0.3 is 15.4 Å². The third kappa shape index (κ3) is 5.05. The van der Waals surface area contributed by atoms with E-state index in [0.29, 0.717) is 18.1 Å². The Balaban J connectivity index is 1.51. The van der Waals surface area contributed by atoms with E-state index in [4.69, 9.17) is 4.74 Å². The van der Waals surface area contributed by atoms with Crippen molar-refractivity contribution in [1.82, 2.24) is 15.5 Å². The number of amides is 1. The summed E-state index contributed by atoms with van der Waals surface area (Å²) in [5.74, 6) is 1.14. The third-order valence-electron chi connectivity index (χ3n) is 4.36. The zero-order chi connectivity index (χ0) is 18.2. The summed E-state index contributed by atoms with van der Waals surface area (Å²) in [5, 5.41) is 14.1. The molecule has 0 fully saturated rings. The van der Waals surface area contributed by atoms with E-state index in [-0.39, 0.29) is 5.91 Å². The van der Waals surface area contributed by atoms with Gasteiger partial charge in [-0.3, -0.25) is 4.79 Å². The van der Waals surface area contributed by atoms with E-state index in [0.717, 1.165) is 30.7 Å². The molecule has 6 nitrogen and oxygen atoms in total. The monoisotopic (exact) mass is 352 g/mol. The van der Waals surface area contributed by atoms with Gasteiger partial charge >= 0.3 is 0 Å². The quantitative estimate of drug-likeness (QED) is 0.740. The van der Waals surface area contributed by atoms with Gasteiger partial charge in [-0.1, -0.05) is 17.7 Å². The molecule has 0 unspecified atom stereocenters. The van der Waals surface area contributed by atoms with Gasteiger partial charge in [-0.2, -0.15) is 0 Å². The van der Waals surface area contributed by atoms with E-state index in [1.165, 1.54) is 18.4 Å². The molecule has 2 N–H and O–H groups in total. The van der Waals surface area contributed by atoms with Crippen molar-refractivity contribution >= 4 is 17.4 Å². The molecule has 0 radical (unpaired) electrons. The normalized spacial score (nSPS) is 13.7. The zero-order valence-corrected chi connectivity index (χ0v) is 15.0. The van der Waals surface area contributed by atoms with Gasteiger partial charge in [-0.05, 0) is 56.4 Å². The number of hydrogen-bond donors (Lipinski definition) is 2. The molecule has 1 aromatic heterocycles. The highest BCUT2D eigenvalue weighted by Crippen LogP contribution is 2.20. The molecule has 1 amide bonds. The number of rotatable bonds is 7. The standard InChI is InChI=1S/C20H24N4O2/c1-26-17-9-5-8-16(14-17)22-19-11-10-18(23-24-19)20(25)21-13-12-15-6-3-2-4-7-15/h5-6,8-11,14H,2-4,7,12-13H2,1H3,(H,21,25)(H,22,24). The van der Waals surface area contributed by atoms with E-state index in [1.807, 2.05) is 24.3 Å². The van der Waals surface area contributed by atoms with Crippen LogP contribution in [0.1, 0.15) is 42.6 Å². The maximum Gasteiger partial charge on any atom is 0.271 e. The molecule has 1 aliphatic rings. The molecule has 26 heavy (non-hydrogen) atoms. The molecule has 6 heteroatoms. The Hall–Kier alpha value is -2.89. The number of nitrogens with zero attached hydrogens (tertiary/aromatic N) is 2. The number of aromatic nitrogens is 2. The maximum absolute atomic E-state index is 12.2. The van der Waals surface area contributed by atoms with Crippen LogP contribution in [-0.4, -0.2) is 29.8 Å². The number of carbonyl (C=O) groups excluding carboxylic acids is 1. The lowest BCUT2D eigenvalue weighted by molar-refractivity contribution is 0.0948. The van der Waals surface area contributed by atoms with Crippen molar-refractivity contribution in [2.24, 2.45) is 0 Å². The summed E-state index contributed by atoms with van der Waals surface area (Å²) >= 11 is 0. The Morgan fingerprint density at radius 3 is 2.85 bits per heavy atom. The average molecular weight is 352 g/mol.